The smallest absolute Gasteiger partial charge is 0.182 e. The molecule has 5 heteroatoms. The SMILES string of the molecule is Fc1nnc(F)c2cc(Br)ccc12. The van der Waals surface area contributed by atoms with Crippen LogP contribution in [0.15, 0.2) is 22.7 Å². The van der Waals surface area contributed by atoms with Crippen LogP contribution >= 0.6 is 15.9 Å². The van der Waals surface area contributed by atoms with E-state index in [0.29, 0.717) is 4.47 Å². The molecule has 0 aliphatic rings. The maximum atomic E-state index is 13.0. The Kier molecular flexibility index (Phi) is 1.95. The van der Waals surface area contributed by atoms with Gasteiger partial charge in [-0.3, -0.25) is 0 Å². The molecule has 0 bridgehead atoms. The van der Waals surface area contributed by atoms with Crippen molar-refractivity contribution in [1.82, 2.24) is 10.2 Å². The summed E-state index contributed by atoms with van der Waals surface area (Å²) in [6.45, 7) is 0. The number of aromatic nitrogens is 2. The quantitative estimate of drug-likeness (QED) is 0.713. The second-order valence-electron chi connectivity index (χ2n) is 2.47. The van der Waals surface area contributed by atoms with Crippen molar-refractivity contribution in [2.24, 2.45) is 0 Å². The summed E-state index contributed by atoms with van der Waals surface area (Å²) < 4.78 is 26.6. The highest BCUT2D eigenvalue weighted by Gasteiger charge is 2.08. The van der Waals surface area contributed by atoms with Crippen LogP contribution < -0.4 is 0 Å². The van der Waals surface area contributed by atoms with E-state index >= 15 is 0 Å². The zero-order valence-electron chi connectivity index (χ0n) is 6.26. The first-order valence-corrected chi connectivity index (χ1v) is 4.25. The van der Waals surface area contributed by atoms with Crippen LogP contribution in [0, 0.1) is 11.9 Å². The number of hydrogen-bond acceptors (Lipinski definition) is 2. The number of nitrogens with zero attached hydrogens (tertiary/aromatic N) is 2. The predicted octanol–water partition coefficient (Wildman–Crippen LogP) is 2.67. The lowest BCUT2D eigenvalue weighted by molar-refractivity contribution is 0.525. The molecule has 0 atom stereocenters. The van der Waals surface area contributed by atoms with Crippen molar-refractivity contribution in [3.05, 3.63) is 34.6 Å². The van der Waals surface area contributed by atoms with Crippen LogP contribution in [0.2, 0.25) is 0 Å². The molecule has 66 valence electrons. The maximum absolute atomic E-state index is 13.0. The Morgan fingerprint density at radius 3 is 2.31 bits per heavy atom. The third-order valence-corrected chi connectivity index (χ3v) is 2.14. The molecule has 0 unspecified atom stereocenters. The molecule has 0 saturated heterocycles. The third-order valence-electron chi connectivity index (χ3n) is 1.65. The monoisotopic (exact) mass is 244 g/mol. The average Bonchev–Trinajstić information content (AvgIpc) is 2.12. The van der Waals surface area contributed by atoms with Crippen molar-refractivity contribution < 1.29 is 8.78 Å². The van der Waals surface area contributed by atoms with Crippen LogP contribution in [0.3, 0.4) is 0 Å². The van der Waals surface area contributed by atoms with Gasteiger partial charge in [-0.1, -0.05) is 15.9 Å². The fraction of sp³-hybridized carbons (Fsp3) is 0. The fourth-order valence-corrected chi connectivity index (χ4v) is 1.42. The number of hydrogen-bond donors (Lipinski definition) is 0. The van der Waals surface area contributed by atoms with Crippen molar-refractivity contribution in [3.63, 3.8) is 0 Å². The van der Waals surface area contributed by atoms with Gasteiger partial charge in [0, 0.05) is 15.2 Å². The maximum Gasteiger partial charge on any atom is 0.241 e. The molecule has 2 aromatic rings. The first kappa shape index (κ1) is 8.50. The molecular formula is C8H3BrF2N2. The molecule has 13 heavy (non-hydrogen) atoms. The number of halogens is 3. The summed E-state index contributed by atoms with van der Waals surface area (Å²) in [4.78, 5) is 0. The molecule has 1 aromatic carbocycles. The van der Waals surface area contributed by atoms with E-state index in [9.17, 15) is 8.78 Å². The summed E-state index contributed by atoms with van der Waals surface area (Å²) >= 11 is 3.15. The van der Waals surface area contributed by atoms with E-state index in [-0.39, 0.29) is 10.8 Å². The van der Waals surface area contributed by atoms with Crippen molar-refractivity contribution in [3.8, 4) is 0 Å². The van der Waals surface area contributed by atoms with Crippen LogP contribution in [-0.4, -0.2) is 10.2 Å². The highest BCUT2D eigenvalue weighted by atomic mass is 79.9. The van der Waals surface area contributed by atoms with E-state index in [2.05, 4.69) is 26.1 Å². The van der Waals surface area contributed by atoms with Crippen LogP contribution in [0.25, 0.3) is 10.8 Å². The fourth-order valence-electron chi connectivity index (χ4n) is 1.06. The molecule has 2 rings (SSSR count). The number of rotatable bonds is 0. The zero-order chi connectivity index (χ0) is 9.42. The van der Waals surface area contributed by atoms with Gasteiger partial charge < -0.3 is 0 Å². The molecule has 2 nitrogen and oxygen atoms in total. The summed E-state index contributed by atoms with van der Waals surface area (Å²) in [6.07, 6.45) is 0. The predicted molar refractivity (Wildman–Crippen MR) is 47.2 cm³/mol. The van der Waals surface area contributed by atoms with Gasteiger partial charge in [0.1, 0.15) is 0 Å². The summed E-state index contributed by atoms with van der Waals surface area (Å²) in [6, 6.07) is 4.53. The Morgan fingerprint density at radius 2 is 1.62 bits per heavy atom. The molecule has 0 spiro atoms. The lowest BCUT2D eigenvalue weighted by Crippen LogP contribution is -1.94. The number of fused-ring (bicyclic) bond motifs is 1. The van der Waals surface area contributed by atoms with Gasteiger partial charge in [-0.15, -0.1) is 10.2 Å². The first-order valence-electron chi connectivity index (χ1n) is 3.45. The molecule has 0 amide bonds. The molecule has 1 aromatic heterocycles. The van der Waals surface area contributed by atoms with Crippen molar-refractivity contribution in [1.29, 1.82) is 0 Å². The van der Waals surface area contributed by atoms with Gasteiger partial charge in [0.25, 0.3) is 0 Å². The summed E-state index contributed by atoms with van der Waals surface area (Å²) in [5, 5.41) is 6.33. The van der Waals surface area contributed by atoms with Gasteiger partial charge in [-0.25, -0.2) is 0 Å². The second-order valence-corrected chi connectivity index (χ2v) is 3.39. The van der Waals surface area contributed by atoms with Crippen LogP contribution in [0.4, 0.5) is 8.78 Å². The Bertz CT molecular complexity index is 473. The molecule has 0 N–H and O–H groups in total. The van der Waals surface area contributed by atoms with Gasteiger partial charge in [0.15, 0.2) is 0 Å². The highest BCUT2D eigenvalue weighted by Crippen LogP contribution is 2.21. The minimum absolute atomic E-state index is 0.127. The summed E-state index contributed by atoms with van der Waals surface area (Å²) in [5.41, 5.74) is 0. The van der Waals surface area contributed by atoms with Crippen molar-refractivity contribution >= 4 is 26.7 Å². The van der Waals surface area contributed by atoms with Gasteiger partial charge in [-0.05, 0) is 18.2 Å². The molecule has 0 fully saturated rings. The van der Waals surface area contributed by atoms with E-state index in [1.807, 2.05) is 0 Å². The van der Waals surface area contributed by atoms with Crippen molar-refractivity contribution in [2.75, 3.05) is 0 Å². The zero-order valence-corrected chi connectivity index (χ0v) is 7.85. The largest absolute Gasteiger partial charge is 0.241 e. The van der Waals surface area contributed by atoms with Gasteiger partial charge in [0.2, 0.25) is 11.9 Å². The molecular weight excluding hydrogens is 242 g/mol. The van der Waals surface area contributed by atoms with E-state index in [1.54, 1.807) is 6.07 Å². The molecule has 0 saturated carbocycles. The standard InChI is InChI=1S/C8H3BrF2N2/c9-4-1-2-5-6(3-4)8(11)13-12-7(5)10/h1-3H. The van der Waals surface area contributed by atoms with Crippen LogP contribution in [-0.2, 0) is 0 Å². The summed E-state index contributed by atoms with van der Waals surface area (Å²) in [7, 11) is 0. The van der Waals surface area contributed by atoms with E-state index in [1.165, 1.54) is 12.1 Å². The average molecular weight is 245 g/mol. The minimum Gasteiger partial charge on any atom is -0.182 e. The normalized spacial score (nSPS) is 10.7. The Hall–Kier alpha value is -1.10. The molecule has 0 aliphatic heterocycles. The molecule has 1 heterocycles. The minimum atomic E-state index is -0.766. The Morgan fingerprint density at radius 1 is 1.00 bits per heavy atom. The van der Waals surface area contributed by atoms with Crippen molar-refractivity contribution in [2.45, 2.75) is 0 Å². The lowest BCUT2D eigenvalue weighted by Gasteiger charge is -1.98. The van der Waals surface area contributed by atoms with Gasteiger partial charge in [0.05, 0.1) is 0 Å². The van der Waals surface area contributed by atoms with Gasteiger partial charge in [-0.2, -0.15) is 8.78 Å². The summed E-state index contributed by atoms with van der Waals surface area (Å²) in [5.74, 6) is -1.53. The Labute approximate surface area is 80.7 Å². The first-order chi connectivity index (χ1) is 6.18. The van der Waals surface area contributed by atoms with E-state index in [0.717, 1.165) is 0 Å². The second kappa shape index (κ2) is 2.99. The lowest BCUT2D eigenvalue weighted by atomic mass is 10.2. The molecule has 0 radical (unpaired) electrons. The Balaban J connectivity index is 2.92. The van der Waals surface area contributed by atoms with Crippen LogP contribution in [0.5, 0.6) is 0 Å². The highest BCUT2D eigenvalue weighted by molar-refractivity contribution is 9.10. The van der Waals surface area contributed by atoms with Crippen LogP contribution in [0.1, 0.15) is 0 Å². The third kappa shape index (κ3) is 1.39. The van der Waals surface area contributed by atoms with E-state index in [4.69, 9.17) is 0 Å². The van der Waals surface area contributed by atoms with E-state index < -0.39 is 11.9 Å². The van der Waals surface area contributed by atoms with Gasteiger partial charge >= 0.3 is 0 Å². The molecule has 0 aliphatic carbocycles. The topological polar surface area (TPSA) is 25.8 Å². The number of benzene rings is 1.